The maximum Gasteiger partial charge on any atom is 0.336 e. The van der Waals surface area contributed by atoms with Gasteiger partial charge in [0.05, 0.1) is 0 Å². The molecule has 5 nitrogen and oxygen atoms in total. The third-order valence-electron chi connectivity index (χ3n) is 3.19. The van der Waals surface area contributed by atoms with Gasteiger partial charge in [0.1, 0.15) is 6.61 Å². The monoisotopic (exact) mass is 310 g/mol. The highest BCUT2D eigenvalue weighted by Crippen LogP contribution is 2.35. The fraction of sp³-hybridized carbons (Fsp3) is 0.111. The lowest BCUT2D eigenvalue weighted by Crippen LogP contribution is -2.06. The highest BCUT2D eigenvalue weighted by atomic mass is 16.6. The molecule has 3 aromatic rings. The molecule has 0 N–H and O–H groups in total. The molecule has 0 spiro atoms. The third-order valence-corrected chi connectivity index (χ3v) is 3.19. The smallest absolute Gasteiger partial charge is 0.336 e. The Kier molecular flexibility index (Phi) is 4.10. The van der Waals surface area contributed by atoms with Gasteiger partial charge in [-0.15, -0.1) is 0 Å². The van der Waals surface area contributed by atoms with Crippen LogP contribution in [0.3, 0.4) is 0 Å². The molecule has 0 saturated heterocycles. The summed E-state index contributed by atoms with van der Waals surface area (Å²) in [5.41, 5.74) is 0.639. The second kappa shape index (κ2) is 6.36. The fourth-order valence-corrected chi connectivity index (χ4v) is 2.18. The number of carbonyl (C=O) groups is 1. The van der Waals surface area contributed by atoms with Crippen LogP contribution in [0, 0.1) is 0 Å². The van der Waals surface area contributed by atoms with E-state index in [-0.39, 0.29) is 11.3 Å². The molecule has 5 heteroatoms. The summed E-state index contributed by atoms with van der Waals surface area (Å²) in [6, 6.07) is 15.9. The summed E-state index contributed by atoms with van der Waals surface area (Å²) in [6.45, 7) is 1.58. The number of carbonyl (C=O) groups excluding carboxylic acids is 1. The summed E-state index contributed by atoms with van der Waals surface area (Å²) in [5, 5.41) is 0.646. The molecule has 0 amide bonds. The van der Waals surface area contributed by atoms with Gasteiger partial charge in [-0.05, 0) is 23.8 Å². The van der Waals surface area contributed by atoms with Crippen molar-refractivity contribution >= 4 is 16.9 Å². The zero-order valence-electron chi connectivity index (χ0n) is 12.4. The number of rotatable bonds is 4. The van der Waals surface area contributed by atoms with E-state index in [1.54, 1.807) is 18.2 Å². The van der Waals surface area contributed by atoms with E-state index in [0.29, 0.717) is 17.7 Å². The molecule has 23 heavy (non-hydrogen) atoms. The van der Waals surface area contributed by atoms with Gasteiger partial charge in [-0.1, -0.05) is 30.3 Å². The molecule has 0 unspecified atom stereocenters. The number of benzene rings is 2. The molecule has 0 atom stereocenters. The molecule has 0 bridgehead atoms. The predicted octanol–water partition coefficient (Wildman–Crippen LogP) is 3.30. The molecule has 0 radical (unpaired) electrons. The summed E-state index contributed by atoms with van der Waals surface area (Å²) in [7, 11) is 0. The minimum atomic E-state index is -0.522. The number of fused-ring (bicyclic) bond motifs is 1. The van der Waals surface area contributed by atoms with E-state index in [2.05, 4.69) is 0 Å². The zero-order chi connectivity index (χ0) is 16.2. The molecule has 1 aromatic heterocycles. The fourth-order valence-electron chi connectivity index (χ4n) is 2.18. The average molecular weight is 310 g/mol. The van der Waals surface area contributed by atoms with E-state index < -0.39 is 11.6 Å². The van der Waals surface area contributed by atoms with Gasteiger partial charge in [-0.3, -0.25) is 4.79 Å². The van der Waals surface area contributed by atoms with E-state index in [1.165, 1.54) is 13.0 Å². The van der Waals surface area contributed by atoms with Gasteiger partial charge in [-0.25, -0.2) is 4.79 Å². The van der Waals surface area contributed by atoms with Crippen LogP contribution in [-0.4, -0.2) is 5.97 Å². The molecule has 0 aliphatic rings. The molecule has 0 saturated carbocycles. The molecule has 1 heterocycles. The first kappa shape index (κ1) is 14.8. The largest absolute Gasteiger partial charge is 0.485 e. The van der Waals surface area contributed by atoms with E-state index in [4.69, 9.17) is 13.9 Å². The van der Waals surface area contributed by atoms with Gasteiger partial charge in [-0.2, -0.15) is 0 Å². The number of ether oxygens (including phenoxy) is 2. The third kappa shape index (κ3) is 3.40. The second-order valence-corrected chi connectivity index (χ2v) is 4.93. The average Bonchev–Trinajstić information content (AvgIpc) is 2.55. The van der Waals surface area contributed by atoms with Gasteiger partial charge in [0, 0.05) is 18.4 Å². The normalized spacial score (nSPS) is 10.5. The van der Waals surface area contributed by atoms with Crippen molar-refractivity contribution in [2.75, 3.05) is 0 Å². The van der Waals surface area contributed by atoms with Crippen LogP contribution in [0.1, 0.15) is 12.5 Å². The minimum Gasteiger partial charge on any atom is -0.485 e. The molecule has 2 aromatic carbocycles. The van der Waals surface area contributed by atoms with Gasteiger partial charge in [0.15, 0.2) is 11.3 Å². The SMILES string of the molecule is CC(=O)Oc1c(OCc2ccccc2)ccc2ccc(=O)oc12. The molecule has 116 valence electrons. The van der Waals surface area contributed by atoms with Crippen molar-refractivity contribution in [3.63, 3.8) is 0 Å². The summed E-state index contributed by atoms with van der Waals surface area (Å²) >= 11 is 0. The molecular weight excluding hydrogens is 296 g/mol. The Labute approximate surface area is 132 Å². The van der Waals surface area contributed by atoms with Gasteiger partial charge < -0.3 is 13.9 Å². The van der Waals surface area contributed by atoms with Crippen molar-refractivity contribution in [2.45, 2.75) is 13.5 Å². The molecule has 0 aliphatic heterocycles. The van der Waals surface area contributed by atoms with Crippen molar-refractivity contribution in [1.29, 1.82) is 0 Å². The summed E-state index contributed by atoms with van der Waals surface area (Å²) < 4.78 is 16.1. The first-order valence-corrected chi connectivity index (χ1v) is 7.05. The van der Waals surface area contributed by atoms with Crippen LogP contribution in [0.2, 0.25) is 0 Å². The molecule has 3 rings (SSSR count). The van der Waals surface area contributed by atoms with Crippen molar-refractivity contribution in [1.82, 2.24) is 0 Å². The van der Waals surface area contributed by atoms with Gasteiger partial charge in [0.2, 0.25) is 5.75 Å². The highest BCUT2D eigenvalue weighted by molar-refractivity contribution is 5.87. The van der Waals surface area contributed by atoms with Gasteiger partial charge in [0.25, 0.3) is 0 Å². The number of hydrogen-bond acceptors (Lipinski definition) is 5. The number of hydrogen-bond donors (Lipinski definition) is 0. The van der Waals surface area contributed by atoms with E-state index in [1.807, 2.05) is 30.3 Å². The van der Waals surface area contributed by atoms with Crippen LogP contribution >= 0.6 is 0 Å². The maximum absolute atomic E-state index is 11.5. The Morgan fingerprint density at radius 2 is 1.78 bits per heavy atom. The van der Waals surface area contributed by atoms with Crippen LogP contribution in [0.4, 0.5) is 0 Å². The van der Waals surface area contributed by atoms with E-state index >= 15 is 0 Å². The topological polar surface area (TPSA) is 65.7 Å². The van der Waals surface area contributed by atoms with Crippen LogP contribution in [0.15, 0.2) is 63.8 Å². The first-order valence-electron chi connectivity index (χ1n) is 7.05. The Morgan fingerprint density at radius 1 is 1.04 bits per heavy atom. The quantitative estimate of drug-likeness (QED) is 0.420. The summed E-state index contributed by atoms with van der Waals surface area (Å²) in [5.74, 6) is -0.0666. The van der Waals surface area contributed by atoms with Crippen LogP contribution in [0.5, 0.6) is 11.5 Å². The molecule has 0 aliphatic carbocycles. The van der Waals surface area contributed by atoms with Crippen molar-refractivity contribution in [2.24, 2.45) is 0 Å². The predicted molar refractivity (Wildman–Crippen MR) is 84.6 cm³/mol. The Morgan fingerprint density at radius 3 is 2.52 bits per heavy atom. The highest BCUT2D eigenvalue weighted by Gasteiger charge is 2.15. The lowest BCUT2D eigenvalue weighted by Gasteiger charge is -2.12. The molecule has 0 fully saturated rings. The summed E-state index contributed by atoms with van der Waals surface area (Å²) in [6.07, 6.45) is 0. The second-order valence-electron chi connectivity index (χ2n) is 4.93. The number of esters is 1. The van der Waals surface area contributed by atoms with E-state index in [0.717, 1.165) is 5.56 Å². The van der Waals surface area contributed by atoms with Crippen molar-refractivity contribution in [3.8, 4) is 11.5 Å². The molecular formula is C18H14O5. The van der Waals surface area contributed by atoms with Crippen LogP contribution in [-0.2, 0) is 11.4 Å². The van der Waals surface area contributed by atoms with Crippen LogP contribution in [0.25, 0.3) is 11.0 Å². The standard InChI is InChI=1S/C18H14O5/c1-12(19)22-18-15(21-11-13-5-3-2-4-6-13)9-7-14-8-10-16(20)23-17(14)18/h2-10H,11H2,1H3. The van der Waals surface area contributed by atoms with Crippen molar-refractivity contribution < 1.29 is 18.7 Å². The Bertz CT molecular complexity index is 896. The lowest BCUT2D eigenvalue weighted by molar-refractivity contribution is -0.131. The summed E-state index contributed by atoms with van der Waals surface area (Å²) in [4.78, 5) is 22.8. The lowest BCUT2D eigenvalue weighted by atomic mass is 10.2. The first-order chi connectivity index (χ1) is 11.1. The Hall–Kier alpha value is -3.08. The van der Waals surface area contributed by atoms with Crippen LogP contribution < -0.4 is 15.1 Å². The minimum absolute atomic E-state index is 0.114. The van der Waals surface area contributed by atoms with Crippen molar-refractivity contribution in [3.05, 3.63) is 70.6 Å². The van der Waals surface area contributed by atoms with Gasteiger partial charge >= 0.3 is 11.6 Å². The maximum atomic E-state index is 11.5. The van der Waals surface area contributed by atoms with E-state index in [9.17, 15) is 9.59 Å². The Balaban J connectivity index is 2.01. The zero-order valence-corrected chi connectivity index (χ0v) is 12.4.